The van der Waals surface area contributed by atoms with Crippen LogP contribution in [0.5, 0.6) is 0 Å². The predicted molar refractivity (Wildman–Crippen MR) is 57.9 cm³/mol. The molecular formula is C13H10FeO5. The van der Waals surface area contributed by atoms with Gasteiger partial charge in [-0.3, -0.25) is 0 Å². The van der Waals surface area contributed by atoms with Crippen LogP contribution in [0.4, 0.5) is 0 Å². The Kier molecular flexibility index (Phi) is 41.3. The van der Waals surface area contributed by atoms with Gasteiger partial charge in [0.05, 0.1) is 0 Å². The normalized spacial score (nSPS) is 6.00. The average molecular weight is 302 g/mol. The van der Waals surface area contributed by atoms with E-state index in [0.29, 0.717) is 6.61 Å². The third-order valence-corrected chi connectivity index (χ3v) is 1.74. The maximum atomic E-state index is 7.50. The Balaban J connectivity index is -0.000000121. The molecule has 0 spiro atoms. The van der Waals surface area contributed by atoms with Gasteiger partial charge in [0.1, 0.15) is 0 Å². The van der Waals surface area contributed by atoms with Crippen LogP contribution < -0.4 is 0 Å². The van der Waals surface area contributed by atoms with E-state index in [1.807, 2.05) is 37.3 Å². The Morgan fingerprint density at radius 1 is 0.947 bits per heavy atom. The first kappa shape index (κ1) is 26.2. The van der Waals surface area contributed by atoms with Crippen molar-refractivity contribution in [3.8, 4) is 0 Å². The van der Waals surface area contributed by atoms with Crippen LogP contribution in [-0.4, -0.2) is 11.2 Å². The van der Waals surface area contributed by atoms with E-state index in [-0.39, 0.29) is 0 Å². The summed E-state index contributed by atoms with van der Waals surface area (Å²) in [6, 6.07) is 9.89. The van der Waals surface area contributed by atoms with Crippen LogP contribution in [0.25, 0.3) is 0 Å². The third kappa shape index (κ3) is 19.1. The molecule has 0 heterocycles. The Morgan fingerprint density at radius 3 is 1.63 bits per heavy atom. The Labute approximate surface area is 120 Å². The van der Waals surface area contributed by atoms with Gasteiger partial charge in [-0.1, -0.05) is 0 Å². The number of benzene rings is 1. The van der Waals surface area contributed by atoms with Gasteiger partial charge in [-0.05, 0) is 0 Å². The molecule has 1 rings (SSSR count). The predicted octanol–water partition coefficient (Wildman–Crippen LogP) is 1.60. The van der Waals surface area contributed by atoms with E-state index < -0.39 is 0 Å². The Morgan fingerprint density at radius 2 is 1.32 bits per heavy atom. The molecular weight excluding hydrogens is 292 g/mol. The molecule has 0 unspecified atom stereocenters. The summed E-state index contributed by atoms with van der Waals surface area (Å²) in [4.78, 5) is 0. The van der Waals surface area contributed by atoms with Crippen LogP contribution in [0, 0.1) is 26.6 Å². The molecule has 0 amide bonds. The maximum absolute atomic E-state index is 7.50. The first-order valence-corrected chi connectivity index (χ1v) is 4.91. The molecule has 0 atom stereocenters. The summed E-state index contributed by atoms with van der Waals surface area (Å²) in [5.74, 6) is 0. The molecule has 0 saturated carbocycles. The van der Waals surface area contributed by atoms with Crippen LogP contribution in [0.1, 0.15) is 12.5 Å². The molecule has 5 nitrogen and oxygen atoms in total. The summed E-state index contributed by atoms with van der Waals surface area (Å²) >= 11 is 3.79. The molecule has 1 aromatic rings. The van der Waals surface area contributed by atoms with Crippen molar-refractivity contribution in [1.29, 1.82) is 0 Å². The second-order valence-electron chi connectivity index (χ2n) is 2.06. The van der Waals surface area contributed by atoms with Crippen LogP contribution in [0.2, 0.25) is 0 Å². The molecule has 100 valence electrons. The first-order chi connectivity index (χ1) is 9.34. The zero-order valence-electron chi connectivity index (χ0n) is 9.99. The number of hydrogen-bond donors (Lipinski definition) is 0. The van der Waals surface area contributed by atoms with E-state index in [2.05, 4.69) is 42.2 Å². The fourth-order valence-electron chi connectivity index (χ4n) is 0.772. The van der Waals surface area contributed by atoms with Crippen molar-refractivity contribution in [1.82, 2.24) is 0 Å². The molecule has 6 heteroatoms. The molecule has 19 heavy (non-hydrogen) atoms. The first-order valence-electron chi connectivity index (χ1n) is 4.35. The zero-order chi connectivity index (χ0) is 16.1. The topological polar surface area (TPSA) is 88.8 Å². The van der Waals surface area contributed by atoms with E-state index in [4.69, 9.17) is 23.3 Å². The second-order valence-corrected chi connectivity index (χ2v) is 2.56. The fourth-order valence-corrected chi connectivity index (χ4v) is 1.12. The van der Waals surface area contributed by atoms with Gasteiger partial charge in [-0.15, -0.1) is 0 Å². The standard InChI is InChI=1S/C9H10O.4CO.Fe/c1-2-10-8-9-6-4-3-5-7-9;4*1-2;/h3-7H,2H2,1H3;;;;;. The minimum atomic E-state index is 0.674. The van der Waals surface area contributed by atoms with Gasteiger partial charge in [0.25, 0.3) is 0 Å². The monoisotopic (exact) mass is 302 g/mol. The molecule has 0 bridgehead atoms. The van der Waals surface area contributed by atoms with E-state index in [1.54, 1.807) is 0 Å². The molecule has 0 N–H and O–H groups in total. The van der Waals surface area contributed by atoms with Gasteiger partial charge in [0.2, 0.25) is 0 Å². The van der Waals surface area contributed by atoms with Crippen LogP contribution in [0.3, 0.4) is 0 Å². The quantitative estimate of drug-likeness (QED) is 0.474. The molecule has 0 aliphatic carbocycles. The van der Waals surface area contributed by atoms with Crippen LogP contribution in [0.15, 0.2) is 30.3 Å². The van der Waals surface area contributed by atoms with E-state index in [1.165, 1.54) is 0 Å². The molecule has 1 aromatic carbocycles. The SMILES string of the molecule is CCO[C](=[Fe])c1ccccc1.[C-]#[O+].[C-]#[O+].[C-]#[O+].[C-]#[O+]. The van der Waals surface area contributed by atoms with E-state index in [0.717, 1.165) is 10.2 Å². The zero-order valence-corrected chi connectivity index (χ0v) is 11.1. The van der Waals surface area contributed by atoms with Gasteiger partial charge in [-0.25, -0.2) is 0 Å². The van der Waals surface area contributed by atoms with Gasteiger partial charge in [0, 0.05) is 0 Å². The summed E-state index contributed by atoms with van der Waals surface area (Å²) in [7, 11) is 0. The van der Waals surface area contributed by atoms with Gasteiger partial charge >= 0.3 is 120 Å². The van der Waals surface area contributed by atoms with Crippen molar-refractivity contribution in [2.45, 2.75) is 6.92 Å². The van der Waals surface area contributed by atoms with Crippen molar-refractivity contribution in [3.63, 3.8) is 0 Å². The number of rotatable bonds is 3. The molecule has 0 saturated heterocycles. The molecule has 0 radical (unpaired) electrons. The Hall–Kier alpha value is -1.47. The van der Waals surface area contributed by atoms with Crippen LogP contribution >= 0.6 is 0 Å². The molecule has 0 aliphatic rings. The van der Waals surface area contributed by atoms with Crippen molar-refractivity contribution in [2.24, 2.45) is 0 Å². The summed E-state index contributed by atoms with van der Waals surface area (Å²) in [5.41, 5.74) is 1.05. The third-order valence-electron chi connectivity index (χ3n) is 1.26. The van der Waals surface area contributed by atoms with Crippen molar-refractivity contribution in [3.05, 3.63) is 62.5 Å². The van der Waals surface area contributed by atoms with Crippen molar-refractivity contribution >= 4 is 4.60 Å². The second kappa shape index (κ2) is 30.0. The van der Waals surface area contributed by atoms with Crippen molar-refractivity contribution < 1.29 is 38.9 Å². The summed E-state index contributed by atoms with van der Waals surface area (Å²) in [5, 5.41) is 0. The minimum absolute atomic E-state index is 0.674. The number of hydrogen-bond acceptors (Lipinski definition) is 1. The molecule has 0 fully saturated rings. The van der Waals surface area contributed by atoms with E-state index in [9.17, 15) is 0 Å². The average Bonchev–Trinajstić information content (AvgIpc) is 2.56. The molecule has 0 aromatic heterocycles. The summed E-state index contributed by atoms with van der Waals surface area (Å²) in [6.45, 7) is 20.6. The number of ether oxygens (including phenoxy) is 1. The summed E-state index contributed by atoms with van der Waals surface area (Å²) in [6.07, 6.45) is 0. The van der Waals surface area contributed by atoms with Gasteiger partial charge in [-0.2, -0.15) is 0 Å². The Bertz CT molecular complexity index is 354. The van der Waals surface area contributed by atoms with Gasteiger partial charge < -0.3 is 0 Å². The van der Waals surface area contributed by atoms with Gasteiger partial charge in [0.15, 0.2) is 0 Å². The molecule has 0 aliphatic heterocycles. The van der Waals surface area contributed by atoms with Crippen LogP contribution in [-0.2, 0) is 38.9 Å². The van der Waals surface area contributed by atoms with Crippen molar-refractivity contribution in [2.75, 3.05) is 6.61 Å². The summed E-state index contributed by atoms with van der Waals surface area (Å²) < 4.78 is 36.0. The van der Waals surface area contributed by atoms with E-state index >= 15 is 0 Å². The fraction of sp³-hybridized carbons (Fsp3) is 0.154.